The van der Waals surface area contributed by atoms with Crippen LogP contribution in [-0.2, 0) is 9.47 Å². The van der Waals surface area contributed by atoms with E-state index < -0.39 is 0 Å². The first-order chi connectivity index (χ1) is 10.3. The fraction of sp³-hybridized carbons (Fsp3) is 0.933. The van der Waals surface area contributed by atoms with Gasteiger partial charge in [0.15, 0.2) is 5.96 Å². The molecule has 1 aliphatic rings. The average Bonchev–Trinajstić information content (AvgIpc) is 2.96. The number of unbranched alkanes of at least 4 members (excludes halogenated alkanes) is 1. The van der Waals surface area contributed by atoms with Crippen LogP contribution in [0.4, 0.5) is 0 Å². The molecule has 0 aromatic heterocycles. The maximum Gasteiger partial charge on any atom is 0.193 e. The molecule has 1 rings (SSSR count). The average molecular weight is 445 g/mol. The zero-order valence-corrected chi connectivity index (χ0v) is 17.3. The molecule has 7 heteroatoms. The highest BCUT2D eigenvalue weighted by atomic mass is 127. The number of aliphatic imine (C=N–C) groups is 1. The Morgan fingerprint density at radius 2 is 2.18 bits per heavy atom. The summed E-state index contributed by atoms with van der Waals surface area (Å²) in [7, 11) is 3.57. The number of thioether (sulfide) groups is 1. The smallest absolute Gasteiger partial charge is 0.193 e. The first-order valence-electron chi connectivity index (χ1n) is 7.83. The van der Waals surface area contributed by atoms with E-state index in [9.17, 15) is 0 Å². The van der Waals surface area contributed by atoms with Crippen molar-refractivity contribution in [1.82, 2.24) is 10.2 Å². The quantitative estimate of drug-likeness (QED) is 0.242. The number of nitrogens with zero attached hydrogens (tertiary/aromatic N) is 2. The third kappa shape index (κ3) is 9.42. The Morgan fingerprint density at radius 3 is 2.86 bits per heavy atom. The molecule has 1 aliphatic heterocycles. The highest BCUT2D eigenvalue weighted by molar-refractivity contribution is 14.0. The minimum absolute atomic E-state index is 0. The summed E-state index contributed by atoms with van der Waals surface area (Å²) in [5, 5.41) is 3.47. The predicted molar refractivity (Wildman–Crippen MR) is 107 cm³/mol. The van der Waals surface area contributed by atoms with Gasteiger partial charge in [-0.05, 0) is 31.3 Å². The van der Waals surface area contributed by atoms with Crippen LogP contribution in [0.3, 0.4) is 0 Å². The molecule has 1 saturated heterocycles. The number of ether oxygens (including phenoxy) is 2. The SMILES string of the molecule is CN=C(NCCCCSC)N1CCC(COCCOC)C1.I. The maximum absolute atomic E-state index is 5.63. The summed E-state index contributed by atoms with van der Waals surface area (Å²) in [5.41, 5.74) is 0. The third-order valence-corrected chi connectivity index (χ3v) is 4.34. The molecule has 1 heterocycles. The molecule has 0 saturated carbocycles. The Kier molecular flexibility index (Phi) is 15.0. The summed E-state index contributed by atoms with van der Waals surface area (Å²) in [6, 6.07) is 0. The summed E-state index contributed by atoms with van der Waals surface area (Å²) >= 11 is 1.91. The Hall–Kier alpha value is 0.270. The van der Waals surface area contributed by atoms with Gasteiger partial charge in [0.25, 0.3) is 0 Å². The summed E-state index contributed by atoms with van der Waals surface area (Å²) in [6.45, 7) is 5.31. The van der Waals surface area contributed by atoms with E-state index in [0.717, 1.165) is 32.2 Å². The van der Waals surface area contributed by atoms with Crippen LogP contribution in [0, 0.1) is 5.92 Å². The number of nitrogens with one attached hydrogen (secondary N) is 1. The molecule has 0 bridgehead atoms. The number of rotatable bonds is 10. The molecule has 0 radical (unpaired) electrons. The number of methoxy groups -OCH3 is 1. The molecule has 0 aromatic carbocycles. The minimum atomic E-state index is 0. The molecule has 22 heavy (non-hydrogen) atoms. The molecule has 132 valence electrons. The fourth-order valence-corrected chi connectivity index (χ4v) is 2.95. The van der Waals surface area contributed by atoms with E-state index in [0.29, 0.717) is 19.1 Å². The Morgan fingerprint density at radius 1 is 1.36 bits per heavy atom. The van der Waals surface area contributed by atoms with Crippen LogP contribution >= 0.6 is 35.7 Å². The molecule has 1 atom stereocenters. The highest BCUT2D eigenvalue weighted by Crippen LogP contribution is 2.16. The van der Waals surface area contributed by atoms with E-state index in [4.69, 9.17) is 9.47 Å². The number of hydrogen-bond acceptors (Lipinski definition) is 4. The molecular weight excluding hydrogens is 413 g/mol. The van der Waals surface area contributed by atoms with Gasteiger partial charge in [0, 0.05) is 39.7 Å². The van der Waals surface area contributed by atoms with Crippen molar-refractivity contribution in [3.05, 3.63) is 0 Å². The van der Waals surface area contributed by atoms with Crippen LogP contribution < -0.4 is 5.32 Å². The first kappa shape index (κ1) is 22.3. The molecule has 1 unspecified atom stereocenters. The van der Waals surface area contributed by atoms with E-state index >= 15 is 0 Å². The maximum atomic E-state index is 5.63. The van der Waals surface area contributed by atoms with Crippen molar-refractivity contribution in [3.63, 3.8) is 0 Å². The lowest BCUT2D eigenvalue weighted by molar-refractivity contribution is 0.0536. The number of hydrogen-bond donors (Lipinski definition) is 1. The summed E-state index contributed by atoms with van der Waals surface area (Å²) in [4.78, 5) is 6.74. The normalized spacial score (nSPS) is 18.4. The lowest BCUT2D eigenvalue weighted by Gasteiger charge is -2.21. The second-order valence-corrected chi connectivity index (χ2v) is 6.33. The minimum Gasteiger partial charge on any atom is -0.382 e. The van der Waals surface area contributed by atoms with Crippen molar-refractivity contribution in [2.75, 3.05) is 65.6 Å². The van der Waals surface area contributed by atoms with Crippen molar-refractivity contribution in [2.45, 2.75) is 19.3 Å². The van der Waals surface area contributed by atoms with Crippen molar-refractivity contribution in [3.8, 4) is 0 Å². The van der Waals surface area contributed by atoms with E-state index in [2.05, 4.69) is 21.5 Å². The number of likely N-dealkylation sites (tertiary alicyclic amines) is 1. The van der Waals surface area contributed by atoms with Gasteiger partial charge in [-0.2, -0.15) is 11.8 Å². The van der Waals surface area contributed by atoms with Crippen LogP contribution in [0.25, 0.3) is 0 Å². The fourth-order valence-electron chi connectivity index (χ4n) is 2.46. The van der Waals surface area contributed by atoms with E-state index in [1.54, 1.807) is 7.11 Å². The van der Waals surface area contributed by atoms with E-state index in [1.807, 2.05) is 18.8 Å². The third-order valence-electron chi connectivity index (χ3n) is 3.64. The second kappa shape index (κ2) is 14.8. The molecule has 5 nitrogen and oxygen atoms in total. The molecule has 1 N–H and O–H groups in total. The molecular formula is C15H32IN3O2S. The standard InChI is InChI=1S/C15H31N3O2S.HI/c1-16-15(17-7-4-5-11-21-3)18-8-6-14(12-18)13-20-10-9-19-2;/h14H,4-13H2,1-3H3,(H,16,17);1H. The molecule has 1 fully saturated rings. The van der Waals surface area contributed by atoms with Gasteiger partial charge < -0.3 is 19.7 Å². The zero-order chi connectivity index (χ0) is 15.3. The zero-order valence-electron chi connectivity index (χ0n) is 14.2. The van der Waals surface area contributed by atoms with Crippen LogP contribution in [0.1, 0.15) is 19.3 Å². The Labute approximate surface area is 157 Å². The van der Waals surface area contributed by atoms with Crippen LogP contribution in [0.5, 0.6) is 0 Å². The van der Waals surface area contributed by atoms with Crippen LogP contribution in [0.15, 0.2) is 4.99 Å². The van der Waals surface area contributed by atoms with Gasteiger partial charge in [0.05, 0.1) is 19.8 Å². The lowest BCUT2D eigenvalue weighted by atomic mass is 10.1. The van der Waals surface area contributed by atoms with Gasteiger partial charge in [-0.3, -0.25) is 4.99 Å². The summed E-state index contributed by atoms with van der Waals surface area (Å²) < 4.78 is 10.6. The lowest BCUT2D eigenvalue weighted by Crippen LogP contribution is -2.40. The topological polar surface area (TPSA) is 46.1 Å². The number of guanidine groups is 1. The van der Waals surface area contributed by atoms with Crippen LogP contribution in [-0.4, -0.2) is 76.5 Å². The van der Waals surface area contributed by atoms with Gasteiger partial charge in [-0.1, -0.05) is 0 Å². The van der Waals surface area contributed by atoms with Crippen LogP contribution in [0.2, 0.25) is 0 Å². The van der Waals surface area contributed by atoms with E-state index in [1.165, 1.54) is 25.0 Å². The number of halogens is 1. The van der Waals surface area contributed by atoms with Crippen molar-refractivity contribution < 1.29 is 9.47 Å². The van der Waals surface area contributed by atoms with Gasteiger partial charge in [-0.25, -0.2) is 0 Å². The molecule has 0 amide bonds. The summed E-state index contributed by atoms with van der Waals surface area (Å²) in [6.07, 6.45) is 5.81. The van der Waals surface area contributed by atoms with E-state index in [-0.39, 0.29) is 24.0 Å². The Bertz CT molecular complexity index is 296. The predicted octanol–water partition coefficient (Wildman–Crippen LogP) is 2.31. The first-order valence-corrected chi connectivity index (χ1v) is 9.22. The Balaban J connectivity index is 0.00000441. The summed E-state index contributed by atoms with van der Waals surface area (Å²) in [5.74, 6) is 2.89. The van der Waals surface area contributed by atoms with Gasteiger partial charge in [0.1, 0.15) is 0 Å². The largest absolute Gasteiger partial charge is 0.382 e. The molecule has 0 aliphatic carbocycles. The van der Waals surface area contributed by atoms with Gasteiger partial charge in [0.2, 0.25) is 0 Å². The van der Waals surface area contributed by atoms with Crippen molar-refractivity contribution in [1.29, 1.82) is 0 Å². The molecule has 0 spiro atoms. The van der Waals surface area contributed by atoms with Crippen molar-refractivity contribution >= 4 is 41.7 Å². The monoisotopic (exact) mass is 445 g/mol. The van der Waals surface area contributed by atoms with Gasteiger partial charge in [-0.15, -0.1) is 24.0 Å². The highest BCUT2D eigenvalue weighted by Gasteiger charge is 2.24. The molecule has 0 aromatic rings. The van der Waals surface area contributed by atoms with Crippen molar-refractivity contribution in [2.24, 2.45) is 10.9 Å². The second-order valence-electron chi connectivity index (χ2n) is 5.34. The van der Waals surface area contributed by atoms with Gasteiger partial charge >= 0.3 is 0 Å².